The number of halogens is 1. The lowest BCUT2D eigenvalue weighted by molar-refractivity contribution is 0.407. The van der Waals surface area contributed by atoms with E-state index in [1.807, 2.05) is 35.1 Å². The van der Waals surface area contributed by atoms with Gasteiger partial charge in [0.1, 0.15) is 5.75 Å². The summed E-state index contributed by atoms with van der Waals surface area (Å²) in [6.07, 6.45) is 2.00. The van der Waals surface area contributed by atoms with Crippen LogP contribution in [0.15, 0.2) is 36.5 Å². The number of methoxy groups -OCH3 is 1. The monoisotopic (exact) mass is 281 g/mol. The lowest BCUT2D eigenvalue weighted by Crippen LogP contribution is -2.14. The molecule has 0 saturated carbocycles. The highest BCUT2D eigenvalue weighted by Gasteiger charge is 2.02. The van der Waals surface area contributed by atoms with Crippen LogP contribution in [0.1, 0.15) is 18.2 Å². The molecule has 0 bridgehead atoms. The molecule has 0 aliphatic carbocycles. The number of nitrogens with one attached hydrogen (secondary N) is 1. The molecule has 0 aliphatic heterocycles. The van der Waals surface area contributed by atoms with Crippen LogP contribution in [0.4, 0.5) is 0 Å². The highest BCUT2D eigenvalue weighted by molar-refractivity contribution is 5.85. The standard InChI is InChI=1S/C14H19N3O.ClH/c1-3-17-9-8-13(16-17)11-15-10-12-6-4-5-7-14(12)18-2;/h4-9,15H,3,10-11H2,1-2H3;1H. The van der Waals surface area contributed by atoms with Gasteiger partial charge >= 0.3 is 0 Å². The van der Waals surface area contributed by atoms with Crippen molar-refractivity contribution in [3.05, 3.63) is 47.8 Å². The number of nitrogens with zero attached hydrogens (tertiary/aromatic N) is 2. The van der Waals surface area contributed by atoms with Crippen LogP contribution in [0.2, 0.25) is 0 Å². The van der Waals surface area contributed by atoms with Crippen molar-refractivity contribution >= 4 is 12.4 Å². The van der Waals surface area contributed by atoms with Crippen molar-refractivity contribution in [1.82, 2.24) is 15.1 Å². The predicted molar refractivity (Wildman–Crippen MR) is 78.7 cm³/mol. The number of para-hydroxylation sites is 1. The van der Waals surface area contributed by atoms with E-state index in [-0.39, 0.29) is 12.4 Å². The van der Waals surface area contributed by atoms with Gasteiger partial charge in [-0.1, -0.05) is 18.2 Å². The number of ether oxygens (including phenoxy) is 1. The Bertz CT molecular complexity index is 499. The maximum absolute atomic E-state index is 5.31. The van der Waals surface area contributed by atoms with Crippen molar-refractivity contribution < 1.29 is 4.74 Å². The van der Waals surface area contributed by atoms with Crippen molar-refractivity contribution in [1.29, 1.82) is 0 Å². The number of aryl methyl sites for hydroxylation is 1. The molecule has 0 amide bonds. The molecule has 19 heavy (non-hydrogen) atoms. The molecule has 1 heterocycles. The van der Waals surface area contributed by atoms with Gasteiger partial charge in [0.05, 0.1) is 12.8 Å². The van der Waals surface area contributed by atoms with Gasteiger partial charge in [0.25, 0.3) is 0 Å². The molecule has 0 radical (unpaired) electrons. The fraction of sp³-hybridized carbons (Fsp3) is 0.357. The van der Waals surface area contributed by atoms with E-state index in [1.54, 1.807) is 7.11 Å². The second-order valence-corrected chi connectivity index (χ2v) is 4.08. The molecule has 1 aromatic heterocycles. The van der Waals surface area contributed by atoms with E-state index >= 15 is 0 Å². The Morgan fingerprint density at radius 3 is 2.68 bits per heavy atom. The van der Waals surface area contributed by atoms with Crippen LogP contribution in [0.3, 0.4) is 0 Å². The highest BCUT2D eigenvalue weighted by atomic mass is 35.5. The third-order valence-electron chi connectivity index (χ3n) is 2.83. The second-order valence-electron chi connectivity index (χ2n) is 4.08. The minimum absolute atomic E-state index is 0. The topological polar surface area (TPSA) is 39.1 Å². The predicted octanol–water partition coefficient (Wildman–Crippen LogP) is 2.62. The summed E-state index contributed by atoms with van der Waals surface area (Å²) in [7, 11) is 1.70. The molecule has 0 spiro atoms. The SMILES string of the molecule is CCn1ccc(CNCc2ccccc2OC)n1.Cl. The molecule has 0 unspecified atom stereocenters. The summed E-state index contributed by atoms with van der Waals surface area (Å²) < 4.78 is 7.24. The van der Waals surface area contributed by atoms with Crippen molar-refractivity contribution in [2.24, 2.45) is 0 Å². The lowest BCUT2D eigenvalue weighted by atomic mass is 10.2. The van der Waals surface area contributed by atoms with E-state index in [0.29, 0.717) is 0 Å². The average molecular weight is 282 g/mol. The fourth-order valence-corrected chi connectivity index (χ4v) is 1.85. The molecule has 2 rings (SSSR count). The zero-order valence-electron chi connectivity index (χ0n) is 11.3. The van der Waals surface area contributed by atoms with Crippen LogP contribution in [0, 0.1) is 0 Å². The van der Waals surface area contributed by atoms with Gasteiger partial charge in [-0.15, -0.1) is 12.4 Å². The number of rotatable bonds is 6. The zero-order valence-corrected chi connectivity index (χ0v) is 12.1. The number of hydrogen-bond donors (Lipinski definition) is 1. The molecule has 4 nitrogen and oxygen atoms in total. The van der Waals surface area contributed by atoms with Gasteiger partial charge in [0.15, 0.2) is 0 Å². The Balaban J connectivity index is 0.00000180. The van der Waals surface area contributed by atoms with E-state index in [2.05, 4.69) is 23.4 Å². The van der Waals surface area contributed by atoms with Gasteiger partial charge in [0, 0.05) is 31.4 Å². The minimum Gasteiger partial charge on any atom is -0.496 e. The van der Waals surface area contributed by atoms with Gasteiger partial charge in [-0.25, -0.2) is 0 Å². The summed E-state index contributed by atoms with van der Waals surface area (Å²) in [5, 5.41) is 7.80. The van der Waals surface area contributed by atoms with E-state index < -0.39 is 0 Å². The third-order valence-corrected chi connectivity index (χ3v) is 2.83. The fourth-order valence-electron chi connectivity index (χ4n) is 1.85. The first-order chi connectivity index (χ1) is 8.83. The highest BCUT2D eigenvalue weighted by Crippen LogP contribution is 2.16. The van der Waals surface area contributed by atoms with Gasteiger partial charge in [-0.2, -0.15) is 5.10 Å². The van der Waals surface area contributed by atoms with Crippen molar-refractivity contribution in [2.45, 2.75) is 26.6 Å². The molecule has 1 N–H and O–H groups in total. The molecule has 1 aromatic carbocycles. The largest absolute Gasteiger partial charge is 0.496 e. The third kappa shape index (κ3) is 4.26. The first-order valence-corrected chi connectivity index (χ1v) is 6.18. The maximum atomic E-state index is 5.31. The summed E-state index contributed by atoms with van der Waals surface area (Å²) in [6.45, 7) is 4.54. The zero-order chi connectivity index (χ0) is 12.8. The maximum Gasteiger partial charge on any atom is 0.123 e. The Hall–Kier alpha value is -1.52. The van der Waals surface area contributed by atoms with Crippen molar-refractivity contribution in [3.8, 4) is 5.75 Å². The Morgan fingerprint density at radius 1 is 1.21 bits per heavy atom. The average Bonchev–Trinajstić information content (AvgIpc) is 2.87. The van der Waals surface area contributed by atoms with Gasteiger partial charge in [-0.05, 0) is 19.1 Å². The summed E-state index contributed by atoms with van der Waals surface area (Å²) >= 11 is 0. The van der Waals surface area contributed by atoms with Crippen molar-refractivity contribution in [2.75, 3.05) is 7.11 Å². The van der Waals surface area contributed by atoms with Gasteiger partial charge in [-0.3, -0.25) is 4.68 Å². The first kappa shape index (κ1) is 15.5. The molecule has 0 atom stereocenters. The smallest absolute Gasteiger partial charge is 0.123 e. The van der Waals surface area contributed by atoms with Crippen LogP contribution in [0.5, 0.6) is 5.75 Å². The lowest BCUT2D eigenvalue weighted by Gasteiger charge is -2.08. The molecule has 0 saturated heterocycles. The van der Waals surface area contributed by atoms with Crippen LogP contribution in [-0.2, 0) is 19.6 Å². The molecule has 0 fully saturated rings. The summed E-state index contributed by atoms with van der Waals surface area (Å²) in [4.78, 5) is 0. The Labute approximate surface area is 120 Å². The molecule has 5 heteroatoms. The minimum atomic E-state index is 0. The van der Waals surface area contributed by atoms with Crippen LogP contribution in [-0.4, -0.2) is 16.9 Å². The molecule has 0 aliphatic rings. The second kappa shape index (κ2) is 7.81. The number of hydrogen-bond acceptors (Lipinski definition) is 3. The van der Waals surface area contributed by atoms with E-state index in [1.165, 1.54) is 0 Å². The van der Waals surface area contributed by atoms with Crippen LogP contribution < -0.4 is 10.1 Å². The van der Waals surface area contributed by atoms with Gasteiger partial charge in [0.2, 0.25) is 0 Å². The summed E-state index contributed by atoms with van der Waals surface area (Å²) in [5.74, 6) is 0.920. The van der Waals surface area contributed by atoms with E-state index in [4.69, 9.17) is 4.74 Å². The van der Waals surface area contributed by atoms with E-state index in [0.717, 1.165) is 36.6 Å². The van der Waals surface area contributed by atoms with E-state index in [9.17, 15) is 0 Å². The number of aromatic nitrogens is 2. The summed E-state index contributed by atoms with van der Waals surface area (Å²) in [6, 6.07) is 10.1. The molecular weight excluding hydrogens is 262 g/mol. The van der Waals surface area contributed by atoms with Crippen molar-refractivity contribution in [3.63, 3.8) is 0 Å². The first-order valence-electron chi connectivity index (χ1n) is 6.18. The Kier molecular flexibility index (Phi) is 6.39. The van der Waals surface area contributed by atoms with Crippen LogP contribution in [0.25, 0.3) is 0 Å². The molecular formula is C14H20ClN3O. The Morgan fingerprint density at radius 2 is 2.00 bits per heavy atom. The quantitative estimate of drug-likeness (QED) is 0.885. The molecule has 104 valence electrons. The number of benzene rings is 1. The van der Waals surface area contributed by atoms with Gasteiger partial charge < -0.3 is 10.1 Å². The molecule has 2 aromatic rings. The summed E-state index contributed by atoms with van der Waals surface area (Å²) in [5.41, 5.74) is 2.22. The normalized spacial score (nSPS) is 10.0. The van der Waals surface area contributed by atoms with Crippen LogP contribution >= 0.6 is 12.4 Å².